The Bertz CT molecular complexity index is 814. The zero-order valence-corrected chi connectivity index (χ0v) is 16.6. The van der Waals surface area contributed by atoms with E-state index in [1.54, 1.807) is 31.6 Å². The van der Waals surface area contributed by atoms with Gasteiger partial charge in [0.25, 0.3) is 5.91 Å². The van der Waals surface area contributed by atoms with E-state index in [4.69, 9.17) is 4.74 Å². The number of likely N-dealkylation sites (N-methyl/N-ethyl adjacent to an activating group) is 1. The van der Waals surface area contributed by atoms with Crippen LogP contribution >= 0.6 is 0 Å². The lowest BCUT2D eigenvalue weighted by Gasteiger charge is -2.34. The lowest BCUT2D eigenvalue weighted by molar-refractivity contribution is -0.157. The summed E-state index contributed by atoms with van der Waals surface area (Å²) in [6, 6.07) is 9.48. The van der Waals surface area contributed by atoms with Crippen molar-refractivity contribution in [3.8, 4) is 0 Å². The van der Waals surface area contributed by atoms with Gasteiger partial charge in [0, 0.05) is 32.5 Å². The highest BCUT2D eigenvalue weighted by atomic mass is 19.1. The second-order valence-corrected chi connectivity index (χ2v) is 7.33. The van der Waals surface area contributed by atoms with Crippen LogP contribution in [0.2, 0.25) is 0 Å². The minimum Gasteiger partial charge on any atom is -0.454 e. The van der Waals surface area contributed by atoms with Gasteiger partial charge in [-0.3, -0.25) is 19.5 Å². The van der Waals surface area contributed by atoms with Crippen LogP contribution in [0.25, 0.3) is 0 Å². The van der Waals surface area contributed by atoms with Gasteiger partial charge in [-0.25, -0.2) is 4.39 Å². The molecule has 1 amide bonds. The van der Waals surface area contributed by atoms with Crippen LogP contribution in [0.5, 0.6) is 0 Å². The van der Waals surface area contributed by atoms with E-state index < -0.39 is 0 Å². The summed E-state index contributed by atoms with van der Waals surface area (Å²) >= 11 is 0. The molecule has 0 spiro atoms. The molecular weight excluding hydrogens is 373 g/mol. The van der Waals surface area contributed by atoms with Crippen molar-refractivity contribution in [3.05, 3.63) is 65.7 Å². The van der Waals surface area contributed by atoms with Gasteiger partial charge in [-0.05, 0) is 48.7 Å². The van der Waals surface area contributed by atoms with Gasteiger partial charge in [-0.1, -0.05) is 24.6 Å². The Morgan fingerprint density at radius 3 is 2.72 bits per heavy atom. The Morgan fingerprint density at radius 1 is 1.21 bits per heavy atom. The number of carbonyl (C=O) groups is 2. The van der Waals surface area contributed by atoms with Gasteiger partial charge in [0.15, 0.2) is 6.61 Å². The van der Waals surface area contributed by atoms with E-state index in [0.717, 1.165) is 36.9 Å². The zero-order chi connectivity index (χ0) is 20.6. The number of benzene rings is 1. The monoisotopic (exact) mass is 399 g/mol. The molecule has 3 rings (SSSR count). The number of carbonyl (C=O) groups excluding carboxylic acids is 2. The molecule has 0 radical (unpaired) electrons. The van der Waals surface area contributed by atoms with Gasteiger partial charge in [-0.2, -0.15) is 0 Å². The Morgan fingerprint density at radius 2 is 2.00 bits per heavy atom. The number of hydrogen-bond acceptors (Lipinski definition) is 5. The fraction of sp³-hybridized carbons (Fsp3) is 0.409. The Hall–Kier alpha value is -2.80. The molecule has 7 heteroatoms. The smallest absolute Gasteiger partial charge is 0.323 e. The third-order valence-electron chi connectivity index (χ3n) is 5.09. The average Bonchev–Trinajstić information content (AvgIpc) is 2.74. The molecule has 1 aromatic carbocycles. The van der Waals surface area contributed by atoms with Gasteiger partial charge in [0.1, 0.15) is 11.9 Å². The number of hydrogen-bond donors (Lipinski definition) is 0. The van der Waals surface area contributed by atoms with E-state index in [0.29, 0.717) is 13.1 Å². The molecule has 1 saturated heterocycles. The number of nitrogens with zero attached hydrogens (tertiary/aromatic N) is 3. The molecule has 154 valence electrons. The van der Waals surface area contributed by atoms with Crippen LogP contribution in [0.1, 0.15) is 30.4 Å². The normalized spacial score (nSPS) is 17.0. The average molecular weight is 399 g/mol. The van der Waals surface area contributed by atoms with Crippen LogP contribution in [0, 0.1) is 5.82 Å². The maximum absolute atomic E-state index is 13.0. The summed E-state index contributed by atoms with van der Waals surface area (Å²) in [7, 11) is 1.63. The minimum absolute atomic E-state index is 0.294. The van der Waals surface area contributed by atoms with Crippen molar-refractivity contribution < 1.29 is 18.7 Å². The number of piperidine rings is 1. The summed E-state index contributed by atoms with van der Waals surface area (Å²) < 4.78 is 18.3. The van der Waals surface area contributed by atoms with Crippen LogP contribution in [0.3, 0.4) is 0 Å². The molecule has 0 unspecified atom stereocenters. The molecule has 29 heavy (non-hydrogen) atoms. The molecule has 1 aromatic heterocycles. The number of halogens is 1. The molecule has 2 heterocycles. The SMILES string of the molecule is CN(Cc1ccc(F)cc1)C(=O)COC(=O)[C@H]1CCCCN1Cc1cccnc1. The highest BCUT2D eigenvalue weighted by Crippen LogP contribution is 2.20. The first-order valence-electron chi connectivity index (χ1n) is 9.81. The number of amides is 1. The van der Waals surface area contributed by atoms with Gasteiger partial charge in [0.05, 0.1) is 0 Å². The summed E-state index contributed by atoms with van der Waals surface area (Å²) in [5.74, 6) is -0.977. The van der Waals surface area contributed by atoms with Gasteiger partial charge in [0.2, 0.25) is 0 Å². The second-order valence-electron chi connectivity index (χ2n) is 7.33. The third-order valence-corrected chi connectivity index (χ3v) is 5.09. The third kappa shape index (κ3) is 6.09. The maximum atomic E-state index is 13.0. The largest absolute Gasteiger partial charge is 0.454 e. The summed E-state index contributed by atoms with van der Waals surface area (Å²) in [5.41, 5.74) is 1.85. The molecule has 6 nitrogen and oxygen atoms in total. The standard InChI is InChI=1S/C22H26FN3O3/c1-25(14-17-7-9-19(23)10-8-17)21(27)16-29-22(28)20-6-2-3-12-26(20)15-18-5-4-11-24-13-18/h4-5,7-11,13,20H,2-3,6,12,14-16H2,1H3/t20-/m1/s1. The van der Waals surface area contributed by atoms with Gasteiger partial charge < -0.3 is 9.64 Å². The van der Waals surface area contributed by atoms with Crippen molar-refractivity contribution in [2.24, 2.45) is 0 Å². The molecule has 1 aliphatic rings. The molecule has 1 aliphatic heterocycles. The van der Waals surface area contributed by atoms with E-state index in [9.17, 15) is 14.0 Å². The Kier molecular flexibility index (Phi) is 7.30. The van der Waals surface area contributed by atoms with Gasteiger partial charge >= 0.3 is 5.97 Å². The number of aromatic nitrogens is 1. The fourth-order valence-corrected chi connectivity index (χ4v) is 3.46. The van der Waals surface area contributed by atoms with Crippen molar-refractivity contribution in [2.45, 2.75) is 38.4 Å². The molecular formula is C22H26FN3O3. The van der Waals surface area contributed by atoms with Crippen molar-refractivity contribution in [3.63, 3.8) is 0 Å². The van der Waals surface area contributed by atoms with E-state index >= 15 is 0 Å². The molecule has 1 fully saturated rings. The Balaban J connectivity index is 1.51. The summed E-state index contributed by atoms with van der Waals surface area (Å²) in [6.07, 6.45) is 6.23. The number of rotatable bonds is 7. The predicted molar refractivity (Wildman–Crippen MR) is 106 cm³/mol. The van der Waals surface area contributed by atoms with E-state index in [2.05, 4.69) is 9.88 Å². The van der Waals surface area contributed by atoms with Crippen LogP contribution in [-0.4, -0.2) is 52.9 Å². The topological polar surface area (TPSA) is 62.7 Å². The number of esters is 1. The maximum Gasteiger partial charge on any atom is 0.323 e. The number of ether oxygens (including phenoxy) is 1. The minimum atomic E-state index is -0.364. The van der Waals surface area contributed by atoms with Crippen molar-refractivity contribution in [1.29, 1.82) is 0 Å². The fourth-order valence-electron chi connectivity index (χ4n) is 3.46. The van der Waals surface area contributed by atoms with Crippen molar-refractivity contribution in [1.82, 2.24) is 14.8 Å². The molecule has 0 N–H and O–H groups in total. The van der Waals surface area contributed by atoms with Crippen LogP contribution in [0.15, 0.2) is 48.8 Å². The molecule has 0 bridgehead atoms. The van der Waals surface area contributed by atoms with Crippen LogP contribution in [-0.2, 0) is 27.4 Å². The molecule has 2 aromatic rings. The summed E-state index contributed by atoms with van der Waals surface area (Å²) in [4.78, 5) is 32.6. The second kappa shape index (κ2) is 10.1. The lowest BCUT2D eigenvalue weighted by atomic mass is 10.0. The molecule has 0 aliphatic carbocycles. The van der Waals surface area contributed by atoms with Crippen LogP contribution in [0.4, 0.5) is 4.39 Å². The van der Waals surface area contributed by atoms with E-state index in [-0.39, 0.29) is 30.3 Å². The number of pyridine rings is 1. The molecule has 1 atom stereocenters. The van der Waals surface area contributed by atoms with Gasteiger partial charge in [-0.15, -0.1) is 0 Å². The molecule has 0 saturated carbocycles. The quantitative estimate of drug-likeness (QED) is 0.670. The first-order chi connectivity index (χ1) is 14.0. The van der Waals surface area contributed by atoms with Crippen LogP contribution < -0.4 is 0 Å². The summed E-state index contributed by atoms with van der Waals surface area (Å²) in [6.45, 7) is 1.47. The zero-order valence-electron chi connectivity index (χ0n) is 16.6. The summed E-state index contributed by atoms with van der Waals surface area (Å²) in [5, 5.41) is 0. The Labute approximate surface area is 170 Å². The lowest BCUT2D eigenvalue weighted by Crippen LogP contribution is -2.45. The predicted octanol–water partition coefficient (Wildman–Crippen LogP) is 2.78. The highest BCUT2D eigenvalue weighted by molar-refractivity contribution is 5.82. The van der Waals surface area contributed by atoms with Crippen molar-refractivity contribution >= 4 is 11.9 Å². The first-order valence-corrected chi connectivity index (χ1v) is 9.81. The highest BCUT2D eigenvalue weighted by Gasteiger charge is 2.30. The first kappa shape index (κ1) is 20.9. The van der Waals surface area contributed by atoms with E-state index in [1.807, 2.05) is 12.1 Å². The number of likely N-dealkylation sites (tertiary alicyclic amines) is 1. The van der Waals surface area contributed by atoms with E-state index in [1.165, 1.54) is 17.0 Å². The van der Waals surface area contributed by atoms with Crippen molar-refractivity contribution in [2.75, 3.05) is 20.2 Å².